The summed E-state index contributed by atoms with van der Waals surface area (Å²) >= 11 is 0. The number of hydrogen-bond donors (Lipinski definition) is 1. The first-order valence-corrected chi connectivity index (χ1v) is 3.88. The zero-order valence-corrected chi connectivity index (χ0v) is 7.55. The standard InChI is InChI=1S/C8H5F5N2O/c9-7(10)5-4(14)1-3(2-16)15-6(5)8(11,12)13/h1-2,7H,(H2,14,15). The summed E-state index contributed by atoms with van der Waals surface area (Å²) in [5.41, 5.74) is 0.333. The number of rotatable bonds is 2. The van der Waals surface area contributed by atoms with Crippen LogP contribution in [-0.2, 0) is 6.18 Å². The maximum atomic E-state index is 12.3. The third kappa shape index (κ3) is 2.26. The summed E-state index contributed by atoms with van der Waals surface area (Å²) in [5.74, 6) is 0. The molecule has 0 amide bonds. The number of hydrogen-bond acceptors (Lipinski definition) is 3. The second kappa shape index (κ2) is 4.03. The first-order chi connectivity index (χ1) is 7.27. The lowest BCUT2D eigenvalue weighted by atomic mass is 10.1. The van der Waals surface area contributed by atoms with Gasteiger partial charge in [0.1, 0.15) is 5.69 Å². The predicted octanol–water partition coefficient (Wildman–Crippen LogP) is 2.43. The van der Waals surface area contributed by atoms with Crippen molar-refractivity contribution in [3.05, 3.63) is 23.0 Å². The van der Waals surface area contributed by atoms with Crippen molar-refractivity contribution in [2.75, 3.05) is 5.73 Å². The molecule has 8 heteroatoms. The van der Waals surface area contributed by atoms with Gasteiger partial charge in [0.25, 0.3) is 6.43 Å². The van der Waals surface area contributed by atoms with E-state index in [1.807, 2.05) is 0 Å². The summed E-state index contributed by atoms with van der Waals surface area (Å²) in [4.78, 5) is 13.0. The van der Waals surface area contributed by atoms with E-state index in [1.54, 1.807) is 0 Å². The number of pyridine rings is 1. The number of nitrogen functional groups attached to an aromatic ring is 1. The van der Waals surface area contributed by atoms with E-state index in [0.717, 1.165) is 0 Å². The van der Waals surface area contributed by atoms with Gasteiger partial charge in [-0.3, -0.25) is 4.79 Å². The van der Waals surface area contributed by atoms with Gasteiger partial charge in [-0.2, -0.15) is 13.2 Å². The van der Waals surface area contributed by atoms with Crippen molar-refractivity contribution in [3.8, 4) is 0 Å². The first kappa shape index (κ1) is 12.3. The zero-order chi connectivity index (χ0) is 12.5. The van der Waals surface area contributed by atoms with Crippen LogP contribution < -0.4 is 5.73 Å². The maximum Gasteiger partial charge on any atom is 0.433 e. The lowest BCUT2D eigenvalue weighted by Crippen LogP contribution is -2.15. The molecule has 1 aromatic rings. The number of anilines is 1. The molecule has 0 atom stereocenters. The Morgan fingerprint density at radius 2 is 1.94 bits per heavy atom. The van der Waals surface area contributed by atoms with Crippen LogP contribution in [0.25, 0.3) is 0 Å². The van der Waals surface area contributed by atoms with E-state index in [0.29, 0.717) is 6.07 Å². The maximum absolute atomic E-state index is 12.3. The van der Waals surface area contributed by atoms with E-state index in [1.165, 1.54) is 0 Å². The first-order valence-electron chi connectivity index (χ1n) is 3.88. The van der Waals surface area contributed by atoms with E-state index in [-0.39, 0.29) is 6.29 Å². The van der Waals surface area contributed by atoms with Gasteiger partial charge in [-0.25, -0.2) is 13.8 Å². The van der Waals surface area contributed by atoms with Crippen LogP contribution in [0.3, 0.4) is 0 Å². The van der Waals surface area contributed by atoms with Crippen molar-refractivity contribution in [2.24, 2.45) is 0 Å². The van der Waals surface area contributed by atoms with Crippen molar-refractivity contribution < 1.29 is 26.7 Å². The summed E-state index contributed by atoms with van der Waals surface area (Å²) in [6.45, 7) is 0. The van der Waals surface area contributed by atoms with Crippen LogP contribution in [0, 0.1) is 0 Å². The largest absolute Gasteiger partial charge is 0.433 e. The minimum Gasteiger partial charge on any atom is -0.398 e. The highest BCUT2D eigenvalue weighted by Gasteiger charge is 2.39. The van der Waals surface area contributed by atoms with Crippen LogP contribution in [0.2, 0.25) is 0 Å². The Labute approximate surface area is 86.1 Å². The number of nitrogens with two attached hydrogens (primary N) is 1. The lowest BCUT2D eigenvalue weighted by molar-refractivity contribution is -0.143. The summed E-state index contributed by atoms with van der Waals surface area (Å²) in [6, 6.07) is 0.670. The molecule has 0 saturated carbocycles. The molecule has 0 aromatic carbocycles. The average Bonchev–Trinajstić information content (AvgIpc) is 2.14. The van der Waals surface area contributed by atoms with Crippen LogP contribution in [0.1, 0.15) is 28.2 Å². The van der Waals surface area contributed by atoms with Crippen LogP contribution in [-0.4, -0.2) is 11.3 Å². The van der Waals surface area contributed by atoms with Gasteiger partial charge in [0.2, 0.25) is 0 Å². The SMILES string of the molecule is Nc1cc(C=O)nc(C(F)(F)F)c1C(F)F. The Kier molecular flexibility index (Phi) is 3.11. The molecule has 0 saturated heterocycles. The monoisotopic (exact) mass is 240 g/mol. The minimum atomic E-state index is -5.08. The van der Waals surface area contributed by atoms with E-state index in [4.69, 9.17) is 5.73 Å². The van der Waals surface area contributed by atoms with Crippen molar-refractivity contribution in [1.29, 1.82) is 0 Å². The normalized spacial score (nSPS) is 11.9. The lowest BCUT2D eigenvalue weighted by Gasteiger charge is -2.13. The summed E-state index contributed by atoms with van der Waals surface area (Å²) < 4.78 is 61.7. The molecular weight excluding hydrogens is 235 g/mol. The molecule has 1 rings (SSSR count). The van der Waals surface area contributed by atoms with Crippen LogP contribution >= 0.6 is 0 Å². The average molecular weight is 240 g/mol. The molecule has 0 spiro atoms. The van der Waals surface area contributed by atoms with Crippen molar-refractivity contribution in [2.45, 2.75) is 12.6 Å². The molecule has 1 aromatic heterocycles. The van der Waals surface area contributed by atoms with Gasteiger partial charge in [0.05, 0.1) is 5.56 Å². The van der Waals surface area contributed by atoms with Gasteiger partial charge in [0.15, 0.2) is 12.0 Å². The Morgan fingerprint density at radius 1 is 1.38 bits per heavy atom. The fourth-order valence-electron chi connectivity index (χ4n) is 1.10. The molecule has 16 heavy (non-hydrogen) atoms. The molecule has 0 radical (unpaired) electrons. The summed E-state index contributed by atoms with van der Waals surface area (Å²) in [6.07, 6.45) is -8.50. The molecule has 0 unspecified atom stereocenters. The van der Waals surface area contributed by atoms with Gasteiger partial charge in [-0.05, 0) is 6.07 Å². The number of carbonyl (C=O) groups excluding carboxylic acids is 1. The molecule has 2 N–H and O–H groups in total. The van der Waals surface area contributed by atoms with E-state index < -0.39 is 35.2 Å². The minimum absolute atomic E-state index is 0.000843. The van der Waals surface area contributed by atoms with Crippen molar-refractivity contribution >= 4 is 12.0 Å². The summed E-state index contributed by atoms with van der Waals surface area (Å²) in [5, 5.41) is 0. The molecule has 0 bridgehead atoms. The number of alkyl halides is 5. The highest BCUT2D eigenvalue weighted by molar-refractivity contribution is 5.75. The smallest absolute Gasteiger partial charge is 0.398 e. The Bertz CT molecular complexity index is 416. The number of halogens is 5. The number of nitrogens with zero attached hydrogens (tertiary/aromatic N) is 1. The molecule has 1 heterocycles. The van der Waals surface area contributed by atoms with Crippen LogP contribution in [0.4, 0.5) is 27.6 Å². The highest BCUT2D eigenvalue weighted by Crippen LogP contribution is 2.37. The predicted molar refractivity (Wildman–Crippen MR) is 44.0 cm³/mol. The fourth-order valence-corrected chi connectivity index (χ4v) is 1.10. The third-order valence-corrected chi connectivity index (χ3v) is 1.72. The molecule has 88 valence electrons. The van der Waals surface area contributed by atoms with Crippen LogP contribution in [0.5, 0.6) is 0 Å². The Hall–Kier alpha value is -1.73. The molecular formula is C8H5F5N2O. The van der Waals surface area contributed by atoms with Gasteiger partial charge in [0, 0.05) is 5.69 Å². The van der Waals surface area contributed by atoms with Crippen LogP contribution in [0.15, 0.2) is 6.07 Å². The van der Waals surface area contributed by atoms with Gasteiger partial charge in [-0.1, -0.05) is 0 Å². The molecule has 0 fully saturated rings. The second-order valence-corrected chi connectivity index (χ2v) is 2.81. The van der Waals surface area contributed by atoms with Crippen molar-refractivity contribution in [1.82, 2.24) is 4.98 Å². The van der Waals surface area contributed by atoms with Crippen molar-refractivity contribution in [3.63, 3.8) is 0 Å². The topological polar surface area (TPSA) is 56.0 Å². The third-order valence-electron chi connectivity index (χ3n) is 1.72. The molecule has 0 aliphatic rings. The molecule has 3 nitrogen and oxygen atoms in total. The number of aromatic nitrogens is 1. The highest BCUT2D eigenvalue weighted by atomic mass is 19.4. The fraction of sp³-hybridized carbons (Fsp3) is 0.250. The van der Waals surface area contributed by atoms with E-state index in [9.17, 15) is 26.7 Å². The molecule has 0 aliphatic heterocycles. The van der Waals surface area contributed by atoms with E-state index >= 15 is 0 Å². The Balaban J connectivity index is 3.53. The van der Waals surface area contributed by atoms with Gasteiger partial charge in [-0.15, -0.1) is 0 Å². The molecule has 0 aliphatic carbocycles. The second-order valence-electron chi connectivity index (χ2n) is 2.81. The van der Waals surface area contributed by atoms with Gasteiger partial charge < -0.3 is 5.73 Å². The summed E-state index contributed by atoms with van der Waals surface area (Å²) in [7, 11) is 0. The zero-order valence-electron chi connectivity index (χ0n) is 7.55. The number of carbonyl (C=O) groups is 1. The number of aldehydes is 1. The quantitative estimate of drug-likeness (QED) is 0.638. The van der Waals surface area contributed by atoms with Gasteiger partial charge >= 0.3 is 6.18 Å². The van der Waals surface area contributed by atoms with E-state index in [2.05, 4.69) is 4.98 Å². The Morgan fingerprint density at radius 3 is 2.31 bits per heavy atom.